The monoisotopic (exact) mass is 204 g/mol. The molecule has 0 spiro atoms. The van der Waals surface area contributed by atoms with Gasteiger partial charge in [0.2, 0.25) is 0 Å². The Hall–Kier alpha value is -1.55. The summed E-state index contributed by atoms with van der Waals surface area (Å²) in [5.41, 5.74) is 2.63. The van der Waals surface area contributed by atoms with Gasteiger partial charge in [-0.1, -0.05) is 6.07 Å². The zero-order chi connectivity index (χ0) is 10.3. The van der Waals surface area contributed by atoms with Crippen molar-refractivity contribution in [2.24, 2.45) is 0 Å². The van der Waals surface area contributed by atoms with Crippen LogP contribution in [0.2, 0.25) is 0 Å². The van der Waals surface area contributed by atoms with E-state index in [4.69, 9.17) is 4.42 Å². The Kier molecular flexibility index (Phi) is 1.89. The number of fused-ring (bicyclic) bond motifs is 1. The molecule has 2 heterocycles. The van der Waals surface area contributed by atoms with Crippen molar-refractivity contribution in [2.45, 2.75) is 18.9 Å². The van der Waals surface area contributed by atoms with Crippen molar-refractivity contribution >= 4 is 11.1 Å². The second-order valence-electron chi connectivity index (χ2n) is 3.92. The molecule has 2 N–H and O–H groups in total. The molecule has 2 aromatic rings. The highest BCUT2D eigenvalue weighted by atomic mass is 16.4. The van der Waals surface area contributed by atoms with Crippen molar-refractivity contribution in [3.63, 3.8) is 0 Å². The van der Waals surface area contributed by atoms with Gasteiger partial charge in [0.1, 0.15) is 0 Å². The van der Waals surface area contributed by atoms with Gasteiger partial charge in [-0.2, -0.15) is 0 Å². The number of rotatable bonds is 1. The lowest BCUT2D eigenvalue weighted by Gasteiger charge is -2.09. The lowest BCUT2D eigenvalue weighted by Crippen LogP contribution is -2.12. The zero-order valence-corrected chi connectivity index (χ0v) is 8.25. The Bertz CT molecular complexity index is 535. The maximum absolute atomic E-state index is 11.0. The summed E-state index contributed by atoms with van der Waals surface area (Å²) < 4.78 is 4.95. The fraction of sp³-hybridized carbons (Fsp3) is 0.364. The van der Waals surface area contributed by atoms with Crippen molar-refractivity contribution < 1.29 is 4.42 Å². The largest absolute Gasteiger partial charge is 0.417 e. The summed E-state index contributed by atoms with van der Waals surface area (Å²) in [6.45, 7) is 1.07. The summed E-state index contributed by atoms with van der Waals surface area (Å²) >= 11 is 0. The zero-order valence-electron chi connectivity index (χ0n) is 8.25. The molecule has 1 aromatic heterocycles. The molecule has 0 amide bonds. The molecular formula is C11H12N2O2. The summed E-state index contributed by atoms with van der Waals surface area (Å²) in [6, 6.07) is 6.28. The van der Waals surface area contributed by atoms with Gasteiger partial charge < -0.3 is 9.73 Å². The molecule has 1 aliphatic rings. The number of H-pyrrole nitrogens is 1. The molecule has 1 aliphatic heterocycles. The summed E-state index contributed by atoms with van der Waals surface area (Å²) in [6.07, 6.45) is 2.37. The molecule has 0 aliphatic carbocycles. The van der Waals surface area contributed by atoms with Crippen LogP contribution in [0.4, 0.5) is 0 Å². The molecule has 1 aromatic carbocycles. The smallest absolute Gasteiger partial charge is 0.408 e. The Morgan fingerprint density at radius 2 is 2.33 bits per heavy atom. The first-order chi connectivity index (χ1) is 7.33. The summed E-state index contributed by atoms with van der Waals surface area (Å²) in [4.78, 5) is 13.7. The third-order valence-electron chi connectivity index (χ3n) is 2.91. The topological polar surface area (TPSA) is 58.0 Å². The highest BCUT2D eigenvalue weighted by Crippen LogP contribution is 2.25. The molecule has 1 atom stereocenters. The quantitative estimate of drug-likeness (QED) is 0.740. The van der Waals surface area contributed by atoms with Gasteiger partial charge in [-0.3, -0.25) is 4.98 Å². The number of oxazole rings is 1. The van der Waals surface area contributed by atoms with Crippen LogP contribution in [0, 0.1) is 0 Å². The van der Waals surface area contributed by atoms with Crippen LogP contribution < -0.4 is 11.1 Å². The number of aromatic amines is 1. The van der Waals surface area contributed by atoms with E-state index >= 15 is 0 Å². The lowest BCUT2D eigenvalue weighted by molar-refractivity contribution is 0.555. The maximum atomic E-state index is 11.0. The van der Waals surface area contributed by atoms with Gasteiger partial charge in [-0.15, -0.1) is 0 Å². The predicted molar refractivity (Wildman–Crippen MR) is 56.8 cm³/mol. The van der Waals surface area contributed by atoms with Gasteiger partial charge in [-0.05, 0) is 37.1 Å². The van der Waals surface area contributed by atoms with Crippen LogP contribution in [-0.2, 0) is 0 Å². The molecule has 3 rings (SSSR count). The second kappa shape index (κ2) is 3.24. The van der Waals surface area contributed by atoms with Crippen LogP contribution in [0.1, 0.15) is 24.4 Å². The van der Waals surface area contributed by atoms with Crippen molar-refractivity contribution in [2.75, 3.05) is 6.54 Å². The van der Waals surface area contributed by atoms with Gasteiger partial charge in [0, 0.05) is 6.04 Å². The number of hydrogen-bond donors (Lipinski definition) is 2. The predicted octanol–water partition coefficient (Wildman–Crippen LogP) is 1.55. The van der Waals surface area contributed by atoms with E-state index in [1.54, 1.807) is 0 Å². The van der Waals surface area contributed by atoms with E-state index in [0.29, 0.717) is 11.6 Å². The average Bonchev–Trinajstić information content (AvgIpc) is 2.82. The van der Waals surface area contributed by atoms with E-state index in [0.717, 1.165) is 18.5 Å². The molecule has 1 saturated heterocycles. The van der Waals surface area contributed by atoms with E-state index in [1.807, 2.05) is 18.2 Å². The van der Waals surface area contributed by atoms with E-state index in [1.165, 1.54) is 12.0 Å². The van der Waals surface area contributed by atoms with Gasteiger partial charge in [0.25, 0.3) is 0 Å². The van der Waals surface area contributed by atoms with Crippen LogP contribution in [0.3, 0.4) is 0 Å². The minimum atomic E-state index is -0.387. The lowest BCUT2D eigenvalue weighted by atomic mass is 10.1. The van der Waals surface area contributed by atoms with E-state index < -0.39 is 0 Å². The van der Waals surface area contributed by atoms with E-state index in [2.05, 4.69) is 10.3 Å². The fourth-order valence-electron chi connectivity index (χ4n) is 2.16. The van der Waals surface area contributed by atoms with Crippen LogP contribution in [0.5, 0.6) is 0 Å². The normalized spacial score (nSPS) is 21.2. The fourth-order valence-corrected chi connectivity index (χ4v) is 2.16. The SMILES string of the molecule is O=c1[nH]c2cc(C3CCCN3)ccc2o1. The van der Waals surface area contributed by atoms with E-state index in [9.17, 15) is 4.79 Å². The van der Waals surface area contributed by atoms with Crippen LogP contribution in [-0.4, -0.2) is 11.5 Å². The number of aromatic nitrogens is 1. The number of hydrogen-bond acceptors (Lipinski definition) is 3. The third-order valence-corrected chi connectivity index (χ3v) is 2.91. The first-order valence-electron chi connectivity index (χ1n) is 5.19. The van der Waals surface area contributed by atoms with E-state index in [-0.39, 0.29) is 5.76 Å². The molecule has 0 radical (unpaired) electrons. The standard InChI is InChI=1S/C11H12N2O2/c14-11-13-9-6-7(3-4-10(9)15-11)8-2-1-5-12-8/h3-4,6,8,12H,1-2,5H2,(H,13,14). The molecule has 15 heavy (non-hydrogen) atoms. The highest BCUT2D eigenvalue weighted by Gasteiger charge is 2.16. The molecule has 0 bridgehead atoms. The van der Waals surface area contributed by atoms with Crippen LogP contribution >= 0.6 is 0 Å². The van der Waals surface area contributed by atoms with Gasteiger partial charge in [0.15, 0.2) is 5.58 Å². The van der Waals surface area contributed by atoms with Crippen molar-refractivity contribution in [1.82, 2.24) is 10.3 Å². The van der Waals surface area contributed by atoms with Gasteiger partial charge >= 0.3 is 5.76 Å². The summed E-state index contributed by atoms with van der Waals surface area (Å²) in [5.74, 6) is -0.387. The Balaban J connectivity index is 2.08. The first kappa shape index (κ1) is 8.73. The second-order valence-corrected chi connectivity index (χ2v) is 3.92. The Labute approximate surface area is 86.3 Å². The highest BCUT2D eigenvalue weighted by molar-refractivity contribution is 5.72. The van der Waals surface area contributed by atoms with Gasteiger partial charge in [-0.25, -0.2) is 4.79 Å². The Morgan fingerprint density at radius 1 is 1.40 bits per heavy atom. The van der Waals surface area contributed by atoms with Crippen molar-refractivity contribution in [3.05, 3.63) is 34.3 Å². The summed E-state index contributed by atoms with van der Waals surface area (Å²) in [5, 5.41) is 3.42. The molecular weight excluding hydrogens is 192 g/mol. The minimum Gasteiger partial charge on any atom is -0.408 e. The molecule has 4 nitrogen and oxygen atoms in total. The van der Waals surface area contributed by atoms with Crippen LogP contribution in [0.25, 0.3) is 11.1 Å². The minimum absolute atomic E-state index is 0.387. The first-order valence-corrected chi connectivity index (χ1v) is 5.19. The van der Waals surface area contributed by atoms with Crippen molar-refractivity contribution in [1.29, 1.82) is 0 Å². The average molecular weight is 204 g/mol. The van der Waals surface area contributed by atoms with Gasteiger partial charge in [0.05, 0.1) is 5.52 Å². The molecule has 1 fully saturated rings. The third kappa shape index (κ3) is 1.47. The molecule has 78 valence electrons. The number of nitrogens with one attached hydrogen (secondary N) is 2. The molecule has 1 unspecified atom stereocenters. The maximum Gasteiger partial charge on any atom is 0.417 e. The number of benzene rings is 1. The molecule has 0 saturated carbocycles. The van der Waals surface area contributed by atoms with Crippen LogP contribution in [0.15, 0.2) is 27.4 Å². The Morgan fingerprint density at radius 3 is 3.13 bits per heavy atom. The van der Waals surface area contributed by atoms with Crippen molar-refractivity contribution in [3.8, 4) is 0 Å². The molecule has 4 heteroatoms. The summed E-state index contributed by atoms with van der Waals surface area (Å²) in [7, 11) is 0.